The minimum Gasteiger partial charge on any atom is -0.381 e. The second-order valence-corrected chi connectivity index (χ2v) is 4.24. The van der Waals surface area contributed by atoms with Crippen molar-refractivity contribution in [3.63, 3.8) is 0 Å². The molecule has 1 aromatic rings. The molecule has 0 bridgehead atoms. The number of hydrogen-bond acceptors (Lipinski definition) is 4. The minimum atomic E-state index is -0.0460. The summed E-state index contributed by atoms with van der Waals surface area (Å²) in [6.45, 7) is 3.78. The molecule has 5 heteroatoms. The van der Waals surface area contributed by atoms with Crippen LogP contribution in [0.5, 0.6) is 0 Å². The van der Waals surface area contributed by atoms with Gasteiger partial charge in [-0.2, -0.15) is 0 Å². The predicted octanol–water partition coefficient (Wildman–Crippen LogP) is 1.84. The van der Waals surface area contributed by atoms with E-state index < -0.39 is 0 Å². The molecule has 0 fully saturated rings. The zero-order valence-corrected chi connectivity index (χ0v) is 11.5. The quantitative estimate of drug-likeness (QED) is 0.367. The van der Waals surface area contributed by atoms with Gasteiger partial charge in [0.25, 0.3) is 0 Å². The second kappa shape index (κ2) is 10.3. The molecule has 0 spiro atoms. The lowest BCUT2D eigenvalue weighted by Crippen LogP contribution is -2.03. The highest BCUT2D eigenvalue weighted by Crippen LogP contribution is 2.02. The third-order valence-corrected chi connectivity index (χ3v) is 2.64. The molecular weight excluding hydrogens is 242 g/mol. The Bertz CT molecular complexity index is 404. The Morgan fingerprint density at radius 2 is 2.11 bits per heavy atom. The zero-order valence-electron chi connectivity index (χ0n) is 11.5. The normalized spacial score (nSPS) is 9.95. The van der Waals surface area contributed by atoms with Crippen molar-refractivity contribution in [2.24, 2.45) is 0 Å². The lowest BCUT2D eigenvalue weighted by atomic mass is 10.2. The monoisotopic (exact) mass is 263 g/mol. The summed E-state index contributed by atoms with van der Waals surface area (Å²) in [6.07, 6.45) is 8.39. The highest BCUT2D eigenvalue weighted by molar-refractivity contribution is 5.95. The molecule has 0 aliphatic carbocycles. The summed E-state index contributed by atoms with van der Waals surface area (Å²) in [5.74, 6) is 5.04. The minimum absolute atomic E-state index is 0.0460. The van der Waals surface area contributed by atoms with E-state index in [1.54, 1.807) is 13.1 Å². The molecule has 0 N–H and O–H groups in total. The van der Waals surface area contributed by atoms with Crippen molar-refractivity contribution in [2.75, 3.05) is 13.2 Å². The Kier molecular flexibility index (Phi) is 8.32. The van der Waals surface area contributed by atoms with Crippen LogP contribution in [0.3, 0.4) is 0 Å². The van der Waals surface area contributed by atoms with E-state index in [-0.39, 0.29) is 5.78 Å². The largest absolute Gasteiger partial charge is 0.381 e. The molecule has 5 nitrogen and oxygen atoms in total. The highest BCUT2D eigenvalue weighted by atomic mass is 16.5. The van der Waals surface area contributed by atoms with Crippen molar-refractivity contribution < 1.29 is 9.53 Å². The van der Waals surface area contributed by atoms with E-state index in [2.05, 4.69) is 22.2 Å². The van der Waals surface area contributed by atoms with Crippen LogP contribution in [0.4, 0.5) is 0 Å². The molecule has 0 saturated heterocycles. The van der Waals surface area contributed by atoms with Gasteiger partial charge in [0.1, 0.15) is 0 Å². The molecule has 1 heterocycles. The van der Waals surface area contributed by atoms with Crippen molar-refractivity contribution in [1.29, 1.82) is 0 Å². The first-order valence-electron chi connectivity index (χ1n) is 6.70. The Labute approximate surface area is 114 Å². The number of nitrogens with zero attached hydrogens (tertiary/aromatic N) is 3. The van der Waals surface area contributed by atoms with Crippen LogP contribution in [0, 0.1) is 11.8 Å². The maximum atomic E-state index is 11.1. The fraction of sp³-hybridized carbons (Fsp3) is 0.643. The standard InChI is InChI=1S/C14H21N3O2/c1-2-7-14(18)8-13-19-12-6-4-3-5-10-17-11-9-15-16-17/h9,11H,3-6,8,10,12-13H2,1H3. The number of rotatable bonds is 10. The van der Waals surface area contributed by atoms with E-state index in [1.807, 2.05) is 10.9 Å². The second-order valence-electron chi connectivity index (χ2n) is 4.24. The predicted molar refractivity (Wildman–Crippen MR) is 72.4 cm³/mol. The maximum absolute atomic E-state index is 11.1. The molecule has 1 aromatic heterocycles. The van der Waals surface area contributed by atoms with Crippen molar-refractivity contribution in [3.8, 4) is 11.8 Å². The van der Waals surface area contributed by atoms with Gasteiger partial charge in [-0.1, -0.05) is 24.0 Å². The molecule has 0 atom stereocenters. The zero-order chi connectivity index (χ0) is 13.8. The molecular formula is C14H21N3O2. The molecule has 0 aliphatic rings. The van der Waals surface area contributed by atoms with Gasteiger partial charge in [-0.05, 0) is 25.7 Å². The first-order chi connectivity index (χ1) is 9.33. The molecule has 0 radical (unpaired) electrons. The van der Waals surface area contributed by atoms with Gasteiger partial charge in [-0.3, -0.25) is 9.48 Å². The summed E-state index contributed by atoms with van der Waals surface area (Å²) in [4.78, 5) is 11.1. The van der Waals surface area contributed by atoms with Gasteiger partial charge in [0.2, 0.25) is 5.78 Å². The van der Waals surface area contributed by atoms with Gasteiger partial charge in [-0.25, -0.2) is 0 Å². The number of aryl methyl sites for hydroxylation is 1. The van der Waals surface area contributed by atoms with Crippen LogP contribution in [-0.4, -0.2) is 34.0 Å². The molecule has 104 valence electrons. The van der Waals surface area contributed by atoms with Crippen molar-refractivity contribution in [3.05, 3.63) is 12.4 Å². The van der Waals surface area contributed by atoms with Crippen LogP contribution >= 0.6 is 0 Å². The summed E-state index contributed by atoms with van der Waals surface area (Å²) in [5.41, 5.74) is 0. The fourth-order valence-electron chi connectivity index (χ4n) is 1.65. The van der Waals surface area contributed by atoms with Crippen LogP contribution < -0.4 is 0 Å². The van der Waals surface area contributed by atoms with E-state index in [4.69, 9.17) is 4.74 Å². The molecule has 0 amide bonds. The maximum Gasteiger partial charge on any atom is 0.207 e. The Hall–Kier alpha value is -1.67. The SMILES string of the molecule is CC#CC(=O)CCOCCCCCCn1ccnn1. The van der Waals surface area contributed by atoms with Gasteiger partial charge >= 0.3 is 0 Å². The molecule has 0 aromatic carbocycles. The van der Waals surface area contributed by atoms with Crippen LogP contribution in [0.25, 0.3) is 0 Å². The third-order valence-electron chi connectivity index (χ3n) is 2.64. The highest BCUT2D eigenvalue weighted by Gasteiger charge is 1.97. The topological polar surface area (TPSA) is 57.0 Å². The summed E-state index contributed by atoms with van der Waals surface area (Å²) >= 11 is 0. The third kappa shape index (κ3) is 8.11. The summed E-state index contributed by atoms with van der Waals surface area (Å²) in [7, 11) is 0. The Morgan fingerprint density at radius 1 is 1.26 bits per heavy atom. The number of ether oxygens (including phenoxy) is 1. The van der Waals surface area contributed by atoms with E-state index in [0.717, 1.165) is 38.8 Å². The van der Waals surface area contributed by atoms with Crippen molar-refractivity contribution >= 4 is 5.78 Å². The van der Waals surface area contributed by atoms with Crippen LogP contribution in [0.2, 0.25) is 0 Å². The van der Waals surface area contributed by atoms with E-state index >= 15 is 0 Å². The van der Waals surface area contributed by atoms with Crippen molar-refractivity contribution in [1.82, 2.24) is 15.0 Å². The van der Waals surface area contributed by atoms with Crippen LogP contribution in [0.1, 0.15) is 39.0 Å². The lowest BCUT2D eigenvalue weighted by molar-refractivity contribution is -0.114. The van der Waals surface area contributed by atoms with Gasteiger partial charge in [0, 0.05) is 25.8 Å². The summed E-state index contributed by atoms with van der Waals surface area (Å²) in [5, 5.41) is 7.66. The molecule has 0 unspecified atom stereocenters. The Balaban J connectivity index is 1.83. The Morgan fingerprint density at radius 3 is 2.84 bits per heavy atom. The first-order valence-corrected chi connectivity index (χ1v) is 6.70. The lowest BCUT2D eigenvalue weighted by Gasteiger charge is -2.03. The number of Topliss-reactive ketones (excluding diaryl/α,β-unsaturated/α-hetero) is 1. The van der Waals surface area contributed by atoms with Gasteiger partial charge < -0.3 is 4.74 Å². The molecule has 0 saturated carbocycles. The molecule has 19 heavy (non-hydrogen) atoms. The number of hydrogen-bond donors (Lipinski definition) is 0. The van der Waals surface area contributed by atoms with Gasteiger partial charge in [0.05, 0.1) is 12.8 Å². The average molecular weight is 263 g/mol. The van der Waals surface area contributed by atoms with Crippen LogP contribution in [-0.2, 0) is 16.1 Å². The van der Waals surface area contributed by atoms with Gasteiger partial charge in [-0.15, -0.1) is 5.10 Å². The number of unbranched alkanes of at least 4 members (excludes halogenated alkanes) is 3. The number of aromatic nitrogens is 3. The number of ketones is 1. The summed E-state index contributed by atoms with van der Waals surface area (Å²) in [6, 6.07) is 0. The molecule has 0 aliphatic heterocycles. The number of carbonyl (C=O) groups excluding carboxylic acids is 1. The first kappa shape index (κ1) is 15.4. The van der Waals surface area contributed by atoms with E-state index in [9.17, 15) is 4.79 Å². The van der Waals surface area contributed by atoms with E-state index in [1.165, 1.54) is 0 Å². The summed E-state index contributed by atoms with van der Waals surface area (Å²) < 4.78 is 7.23. The smallest absolute Gasteiger partial charge is 0.207 e. The molecule has 1 rings (SSSR count). The van der Waals surface area contributed by atoms with E-state index in [0.29, 0.717) is 13.0 Å². The van der Waals surface area contributed by atoms with Gasteiger partial charge in [0.15, 0.2) is 0 Å². The fourth-order valence-corrected chi connectivity index (χ4v) is 1.65. The van der Waals surface area contributed by atoms with Crippen molar-refractivity contribution in [2.45, 2.75) is 45.6 Å². The number of carbonyl (C=O) groups is 1. The van der Waals surface area contributed by atoms with Crippen LogP contribution in [0.15, 0.2) is 12.4 Å². The average Bonchev–Trinajstić information content (AvgIpc) is 2.90.